The summed E-state index contributed by atoms with van der Waals surface area (Å²) in [6.45, 7) is 4.03. The quantitative estimate of drug-likeness (QED) is 0.234. The van der Waals surface area contributed by atoms with Crippen molar-refractivity contribution in [1.29, 1.82) is 0 Å². The van der Waals surface area contributed by atoms with Crippen molar-refractivity contribution >= 4 is 58.2 Å². The summed E-state index contributed by atoms with van der Waals surface area (Å²) < 4.78 is 3.49. The Bertz CT molecular complexity index is 1440. The minimum Gasteiger partial charge on any atom is -0.395 e. The molecule has 0 aliphatic heterocycles. The van der Waals surface area contributed by atoms with Crippen LogP contribution in [0.2, 0.25) is 15.1 Å². The molecule has 0 spiro atoms. The highest BCUT2D eigenvalue weighted by Crippen LogP contribution is 2.34. The summed E-state index contributed by atoms with van der Waals surface area (Å²) in [5.41, 5.74) is 2.91. The van der Waals surface area contributed by atoms with Gasteiger partial charge in [0.15, 0.2) is 5.65 Å². The number of hydrogen-bond donors (Lipinski definition) is 4. The first-order valence-corrected chi connectivity index (χ1v) is 12.5. The number of nitrogens with one attached hydrogen (secondary N) is 2. The van der Waals surface area contributed by atoms with Gasteiger partial charge in [0, 0.05) is 36.4 Å². The lowest BCUT2D eigenvalue weighted by Gasteiger charge is -2.14. The highest BCUT2D eigenvalue weighted by Gasteiger charge is 2.23. The third kappa shape index (κ3) is 5.98. The van der Waals surface area contributed by atoms with E-state index in [4.69, 9.17) is 39.8 Å². The number of nitrogens with zero attached hydrogens (tertiary/aromatic N) is 4. The Morgan fingerprint density at radius 1 is 1.08 bits per heavy atom. The molecule has 200 valence electrons. The molecule has 37 heavy (non-hydrogen) atoms. The van der Waals surface area contributed by atoms with E-state index >= 15 is 0 Å². The minimum atomic E-state index is -0.397. The summed E-state index contributed by atoms with van der Waals surface area (Å²) in [4.78, 5) is 20.9. The second-order valence-electron chi connectivity index (χ2n) is 8.88. The zero-order valence-corrected chi connectivity index (χ0v) is 23.5. The molecule has 1 aromatic carbocycles. The molecule has 4 rings (SSSR count). The van der Waals surface area contributed by atoms with Gasteiger partial charge in [-0.15, -0.1) is 12.4 Å². The van der Waals surface area contributed by atoms with Gasteiger partial charge in [-0.05, 0) is 30.2 Å². The molecule has 0 saturated heterocycles. The van der Waals surface area contributed by atoms with Crippen LogP contribution in [-0.4, -0.2) is 53.8 Å². The van der Waals surface area contributed by atoms with Crippen molar-refractivity contribution in [1.82, 2.24) is 29.6 Å². The standard InChI is InChI=1S/C24H27Cl3N6O3.ClH/c1-12(2)21-20-23(33(31-21)22-17(26)6-13(25)7-18(22)27)29-19(30-24(20)36)8-15-4-5-16(32(15)3)9-28-14(10-34)11-35;/h4-7,12,14,28,34-35H,8-11H2,1-3H3,(H,29,30,36);1H. The second-order valence-corrected chi connectivity index (χ2v) is 10.1. The molecule has 0 unspecified atom stereocenters. The maximum absolute atomic E-state index is 13.2. The molecule has 0 amide bonds. The first kappa shape index (κ1) is 29.4. The van der Waals surface area contributed by atoms with E-state index in [0.717, 1.165) is 11.4 Å². The molecule has 13 heteroatoms. The number of aromatic amines is 1. The zero-order valence-electron chi connectivity index (χ0n) is 20.4. The van der Waals surface area contributed by atoms with Gasteiger partial charge in [0.1, 0.15) is 16.9 Å². The van der Waals surface area contributed by atoms with Crippen LogP contribution in [0.15, 0.2) is 29.1 Å². The predicted molar refractivity (Wildman–Crippen MR) is 149 cm³/mol. The topological polar surface area (TPSA) is 121 Å². The van der Waals surface area contributed by atoms with Gasteiger partial charge < -0.3 is 25.1 Å². The number of rotatable bonds is 9. The maximum Gasteiger partial charge on any atom is 0.262 e. The monoisotopic (exact) mass is 588 g/mol. The first-order valence-electron chi connectivity index (χ1n) is 11.4. The van der Waals surface area contributed by atoms with E-state index in [1.807, 2.05) is 37.6 Å². The van der Waals surface area contributed by atoms with Crippen molar-refractivity contribution in [2.24, 2.45) is 7.05 Å². The van der Waals surface area contributed by atoms with Gasteiger partial charge in [-0.3, -0.25) is 4.79 Å². The van der Waals surface area contributed by atoms with Gasteiger partial charge in [-0.25, -0.2) is 9.67 Å². The average Bonchev–Trinajstić information content (AvgIpc) is 3.35. The van der Waals surface area contributed by atoms with Crippen LogP contribution >= 0.6 is 47.2 Å². The molecule has 3 heterocycles. The summed E-state index contributed by atoms with van der Waals surface area (Å²) in [6.07, 6.45) is 0.357. The molecule has 4 aromatic rings. The largest absolute Gasteiger partial charge is 0.395 e. The van der Waals surface area contributed by atoms with E-state index in [1.165, 1.54) is 4.68 Å². The van der Waals surface area contributed by atoms with Crippen LogP contribution in [0.25, 0.3) is 16.7 Å². The smallest absolute Gasteiger partial charge is 0.262 e. The van der Waals surface area contributed by atoms with Crippen LogP contribution in [0, 0.1) is 0 Å². The van der Waals surface area contributed by atoms with Gasteiger partial charge in [0.05, 0.1) is 35.0 Å². The molecule has 4 N–H and O–H groups in total. The summed E-state index contributed by atoms with van der Waals surface area (Å²) in [5, 5.41) is 27.7. The molecule has 0 atom stereocenters. The molecular weight excluding hydrogens is 562 g/mol. The van der Waals surface area contributed by atoms with Crippen LogP contribution in [0.5, 0.6) is 0 Å². The Morgan fingerprint density at radius 2 is 1.70 bits per heavy atom. The maximum atomic E-state index is 13.2. The molecule has 0 radical (unpaired) electrons. The van der Waals surface area contributed by atoms with E-state index in [1.54, 1.807) is 12.1 Å². The minimum absolute atomic E-state index is 0. The number of aliphatic hydroxyl groups excluding tert-OH is 2. The third-order valence-corrected chi connectivity index (χ3v) is 6.84. The van der Waals surface area contributed by atoms with Crippen molar-refractivity contribution in [3.63, 3.8) is 0 Å². The van der Waals surface area contributed by atoms with Gasteiger partial charge in [-0.2, -0.15) is 5.10 Å². The van der Waals surface area contributed by atoms with Crippen molar-refractivity contribution in [2.45, 2.75) is 38.8 Å². The Hall–Kier alpha value is -2.11. The fourth-order valence-corrected chi connectivity index (χ4v) is 5.02. The molecular formula is C24H28Cl4N6O3. The molecule has 0 saturated carbocycles. The van der Waals surface area contributed by atoms with Crippen LogP contribution in [-0.2, 0) is 20.0 Å². The molecule has 0 bridgehead atoms. The highest BCUT2D eigenvalue weighted by molar-refractivity contribution is 6.40. The van der Waals surface area contributed by atoms with Crippen LogP contribution in [0.4, 0.5) is 0 Å². The van der Waals surface area contributed by atoms with Crippen molar-refractivity contribution in [3.05, 3.63) is 72.6 Å². The van der Waals surface area contributed by atoms with Gasteiger partial charge in [-0.1, -0.05) is 48.7 Å². The molecule has 0 aliphatic carbocycles. The van der Waals surface area contributed by atoms with Gasteiger partial charge >= 0.3 is 0 Å². The summed E-state index contributed by atoms with van der Waals surface area (Å²) in [6, 6.07) is 6.62. The fraction of sp³-hybridized carbons (Fsp3) is 0.375. The number of aromatic nitrogens is 5. The SMILES string of the molecule is CC(C)c1nn(-c2c(Cl)cc(Cl)cc2Cl)c2nc(Cc3ccc(CNC(CO)CO)n3C)[nH]c(=O)c12.Cl. The Morgan fingerprint density at radius 3 is 2.30 bits per heavy atom. The van der Waals surface area contributed by atoms with Gasteiger partial charge in [0.2, 0.25) is 0 Å². The lowest BCUT2D eigenvalue weighted by Crippen LogP contribution is -2.35. The lowest BCUT2D eigenvalue weighted by atomic mass is 10.1. The first-order chi connectivity index (χ1) is 17.1. The molecule has 0 fully saturated rings. The van der Waals surface area contributed by atoms with Gasteiger partial charge in [0.25, 0.3) is 5.56 Å². The molecule has 0 aliphatic rings. The van der Waals surface area contributed by atoms with Crippen LogP contribution in [0.3, 0.4) is 0 Å². The van der Waals surface area contributed by atoms with Crippen molar-refractivity contribution in [3.8, 4) is 5.69 Å². The number of fused-ring (bicyclic) bond motifs is 1. The van der Waals surface area contributed by atoms with E-state index in [2.05, 4.69) is 15.4 Å². The number of halogens is 4. The number of aliphatic hydroxyl groups is 2. The Kier molecular flexibility index (Phi) is 9.68. The van der Waals surface area contributed by atoms with E-state index in [9.17, 15) is 15.0 Å². The van der Waals surface area contributed by atoms with E-state index in [0.29, 0.717) is 56.3 Å². The van der Waals surface area contributed by atoms with Crippen molar-refractivity contribution < 1.29 is 10.2 Å². The summed E-state index contributed by atoms with van der Waals surface area (Å²) >= 11 is 19.1. The lowest BCUT2D eigenvalue weighted by molar-refractivity contribution is 0.170. The number of hydrogen-bond acceptors (Lipinski definition) is 6. The predicted octanol–water partition coefficient (Wildman–Crippen LogP) is 3.99. The highest BCUT2D eigenvalue weighted by atomic mass is 35.5. The molecule has 9 nitrogen and oxygen atoms in total. The summed E-state index contributed by atoms with van der Waals surface area (Å²) in [7, 11) is 1.91. The zero-order chi connectivity index (χ0) is 26.1. The fourth-order valence-electron chi connectivity index (χ4n) is 4.04. The molecule has 3 aromatic heterocycles. The van der Waals surface area contributed by atoms with Crippen LogP contribution in [0.1, 0.15) is 42.7 Å². The Labute approximate surface area is 234 Å². The van der Waals surface area contributed by atoms with E-state index < -0.39 is 6.04 Å². The van der Waals surface area contributed by atoms with Crippen LogP contribution < -0.4 is 10.9 Å². The Balaban J connectivity index is 0.00000380. The third-order valence-electron chi connectivity index (χ3n) is 6.05. The van der Waals surface area contributed by atoms with Crippen molar-refractivity contribution in [2.75, 3.05) is 13.2 Å². The average molecular weight is 590 g/mol. The normalized spacial score (nSPS) is 11.6. The number of benzene rings is 1. The summed E-state index contributed by atoms with van der Waals surface area (Å²) in [5.74, 6) is 0.409. The second kappa shape index (κ2) is 12.2. The van der Waals surface area contributed by atoms with E-state index in [-0.39, 0.29) is 37.1 Å². The number of H-pyrrole nitrogens is 1.